The van der Waals surface area contributed by atoms with Crippen molar-refractivity contribution >= 4 is 11.3 Å². The highest BCUT2D eigenvalue weighted by Gasteiger charge is 2.15. The SMILES string of the molecule is C#CCN(Cc1ccc(C)cc1)Cc1nc(-c2cccs2)oc1C. The number of oxazole rings is 1. The van der Waals surface area contributed by atoms with Crippen molar-refractivity contribution in [1.82, 2.24) is 9.88 Å². The number of nitrogens with zero attached hydrogens (tertiary/aromatic N) is 2. The molecule has 0 aliphatic rings. The van der Waals surface area contributed by atoms with Crippen molar-refractivity contribution in [2.24, 2.45) is 0 Å². The van der Waals surface area contributed by atoms with Crippen molar-refractivity contribution in [3.63, 3.8) is 0 Å². The van der Waals surface area contributed by atoms with E-state index in [-0.39, 0.29) is 0 Å². The summed E-state index contributed by atoms with van der Waals surface area (Å²) in [6.45, 7) is 6.10. The minimum atomic E-state index is 0.578. The maximum atomic E-state index is 5.82. The van der Waals surface area contributed by atoms with Crippen LogP contribution < -0.4 is 0 Å². The molecular formula is C20H20N2OS. The summed E-state index contributed by atoms with van der Waals surface area (Å²) in [6, 6.07) is 12.6. The van der Waals surface area contributed by atoms with Gasteiger partial charge in [0.2, 0.25) is 5.89 Å². The Bertz CT molecular complexity index is 826. The van der Waals surface area contributed by atoms with Gasteiger partial charge in [0.15, 0.2) is 0 Å². The molecule has 3 rings (SSSR count). The molecule has 2 aromatic heterocycles. The van der Waals surface area contributed by atoms with Crippen molar-refractivity contribution in [3.8, 4) is 23.1 Å². The molecule has 0 saturated carbocycles. The molecule has 1 aromatic carbocycles. The van der Waals surface area contributed by atoms with Crippen molar-refractivity contribution in [3.05, 3.63) is 64.4 Å². The number of benzene rings is 1. The van der Waals surface area contributed by atoms with Gasteiger partial charge in [0.1, 0.15) is 5.76 Å². The van der Waals surface area contributed by atoms with Crippen LogP contribution in [0.15, 0.2) is 46.2 Å². The Morgan fingerprint density at radius 2 is 1.96 bits per heavy atom. The van der Waals surface area contributed by atoms with E-state index in [0.29, 0.717) is 19.0 Å². The fraction of sp³-hybridized carbons (Fsp3) is 0.250. The number of aryl methyl sites for hydroxylation is 2. The molecule has 0 amide bonds. The fourth-order valence-corrected chi connectivity index (χ4v) is 3.19. The van der Waals surface area contributed by atoms with Crippen LogP contribution in [0.5, 0.6) is 0 Å². The Hall–Kier alpha value is -2.35. The van der Waals surface area contributed by atoms with Crippen LogP contribution in [0.3, 0.4) is 0 Å². The lowest BCUT2D eigenvalue weighted by molar-refractivity contribution is 0.286. The van der Waals surface area contributed by atoms with E-state index in [1.165, 1.54) is 11.1 Å². The molecule has 0 N–H and O–H groups in total. The van der Waals surface area contributed by atoms with E-state index in [9.17, 15) is 0 Å². The van der Waals surface area contributed by atoms with Crippen LogP contribution >= 0.6 is 11.3 Å². The average Bonchev–Trinajstić information content (AvgIpc) is 3.20. The number of aromatic nitrogens is 1. The molecule has 0 saturated heterocycles. The van der Waals surface area contributed by atoms with E-state index in [1.54, 1.807) is 11.3 Å². The summed E-state index contributed by atoms with van der Waals surface area (Å²) in [5, 5.41) is 2.02. The van der Waals surface area contributed by atoms with Crippen molar-refractivity contribution in [2.75, 3.05) is 6.54 Å². The molecule has 0 spiro atoms. The largest absolute Gasteiger partial charge is 0.440 e. The normalized spacial score (nSPS) is 10.9. The minimum absolute atomic E-state index is 0.578. The summed E-state index contributed by atoms with van der Waals surface area (Å²) in [6.07, 6.45) is 5.55. The van der Waals surface area contributed by atoms with Gasteiger partial charge < -0.3 is 4.42 Å². The Kier molecular flexibility index (Phi) is 5.14. The molecule has 0 atom stereocenters. The second kappa shape index (κ2) is 7.48. The van der Waals surface area contributed by atoms with Gasteiger partial charge in [0, 0.05) is 13.1 Å². The topological polar surface area (TPSA) is 29.3 Å². The zero-order valence-corrected chi connectivity index (χ0v) is 14.8. The molecule has 3 aromatic rings. The molecule has 0 aliphatic heterocycles. The average molecular weight is 336 g/mol. The molecule has 0 fully saturated rings. The van der Waals surface area contributed by atoms with Gasteiger partial charge in [-0.3, -0.25) is 4.90 Å². The van der Waals surface area contributed by atoms with Crippen LogP contribution in [0.2, 0.25) is 0 Å². The van der Waals surface area contributed by atoms with E-state index in [0.717, 1.165) is 22.9 Å². The summed E-state index contributed by atoms with van der Waals surface area (Å²) in [5.74, 6) is 4.28. The molecule has 122 valence electrons. The summed E-state index contributed by atoms with van der Waals surface area (Å²) < 4.78 is 5.82. The predicted molar refractivity (Wildman–Crippen MR) is 98.7 cm³/mol. The second-order valence-corrected chi connectivity index (χ2v) is 6.78. The lowest BCUT2D eigenvalue weighted by Gasteiger charge is -2.19. The first-order valence-corrected chi connectivity index (χ1v) is 8.75. The second-order valence-electron chi connectivity index (χ2n) is 5.83. The van der Waals surface area contributed by atoms with Crippen molar-refractivity contribution < 1.29 is 4.42 Å². The maximum Gasteiger partial charge on any atom is 0.236 e. The lowest BCUT2D eigenvalue weighted by atomic mass is 10.1. The van der Waals surface area contributed by atoms with Crippen LogP contribution in [0.1, 0.15) is 22.6 Å². The van der Waals surface area contributed by atoms with E-state index in [2.05, 4.69) is 47.0 Å². The monoisotopic (exact) mass is 336 g/mol. The smallest absolute Gasteiger partial charge is 0.236 e. The highest BCUT2D eigenvalue weighted by Crippen LogP contribution is 2.26. The van der Waals surface area contributed by atoms with Crippen molar-refractivity contribution in [1.29, 1.82) is 0 Å². The fourth-order valence-electron chi connectivity index (χ4n) is 2.54. The third kappa shape index (κ3) is 3.94. The van der Waals surface area contributed by atoms with Gasteiger partial charge in [0.25, 0.3) is 0 Å². The zero-order chi connectivity index (χ0) is 16.9. The molecule has 4 heteroatoms. The number of terminal acetylenes is 1. The van der Waals surface area contributed by atoms with E-state index in [1.807, 2.05) is 24.4 Å². The van der Waals surface area contributed by atoms with Gasteiger partial charge in [-0.05, 0) is 30.9 Å². The zero-order valence-electron chi connectivity index (χ0n) is 14.0. The maximum absolute atomic E-state index is 5.82. The van der Waals surface area contributed by atoms with Crippen LogP contribution in [0.25, 0.3) is 10.8 Å². The molecule has 0 unspecified atom stereocenters. The molecule has 2 heterocycles. The Morgan fingerprint density at radius 1 is 1.17 bits per heavy atom. The third-order valence-corrected chi connectivity index (χ3v) is 4.70. The van der Waals surface area contributed by atoms with E-state index >= 15 is 0 Å². The van der Waals surface area contributed by atoms with Gasteiger partial charge in [-0.1, -0.05) is 41.8 Å². The van der Waals surface area contributed by atoms with Gasteiger partial charge in [-0.25, -0.2) is 4.98 Å². The quantitative estimate of drug-likeness (QED) is 0.613. The highest BCUT2D eigenvalue weighted by molar-refractivity contribution is 7.13. The van der Waals surface area contributed by atoms with Gasteiger partial charge in [0.05, 0.1) is 17.1 Å². The molecule has 24 heavy (non-hydrogen) atoms. The Balaban J connectivity index is 1.76. The van der Waals surface area contributed by atoms with Gasteiger partial charge in [-0.15, -0.1) is 17.8 Å². The molecule has 0 radical (unpaired) electrons. The number of thiophene rings is 1. The Morgan fingerprint density at radius 3 is 2.62 bits per heavy atom. The first-order chi connectivity index (χ1) is 11.7. The Labute approximate surface area is 147 Å². The van der Waals surface area contributed by atoms with E-state index < -0.39 is 0 Å². The number of hydrogen-bond acceptors (Lipinski definition) is 4. The summed E-state index contributed by atoms with van der Waals surface area (Å²) in [7, 11) is 0. The first-order valence-electron chi connectivity index (χ1n) is 7.87. The van der Waals surface area contributed by atoms with Crippen LogP contribution in [0.4, 0.5) is 0 Å². The molecule has 3 nitrogen and oxygen atoms in total. The first kappa shape index (κ1) is 16.5. The van der Waals surface area contributed by atoms with Crippen LogP contribution in [0, 0.1) is 26.2 Å². The minimum Gasteiger partial charge on any atom is -0.440 e. The summed E-state index contributed by atoms with van der Waals surface area (Å²) in [5.41, 5.74) is 3.45. The van der Waals surface area contributed by atoms with Gasteiger partial charge >= 0.3 is 0 Å². The lowest BCUT2D eigenvalue weighted by Crippen LogP contribution is -2.23. The van der Waals surface area contributed by atoms with Crippen molar-refractivity contribution in [2.45, 2.75) is 26.9 Å². The molecule has 0 bridgehead atoms. The third-order valence-electron chi connectivity index (χ3n) is 3.84. The standard InChI is InChI=1S/C20H20N2OS/c1-4-11-22(13-17-9-7-15(2)8-10-17)14-18-16(3)23-20(21-18)19-6-5-12-24-19/h1,5-10,12H,11,13-14H2,2-3H3. The summed E-state index contributed by atoms with van der Waals surface area (Å²) in [4.78, 5) is 7.91. The summed E-state index contributed by atoms with van der Waals surface area (Å²) >= 11 is 1.63. The van der Waals surface area contributed by atoms with Crippen LogP contribution in [-0.4, -0.2) is 16.4 Å². The molecule has 0 aliphatic carbocycles. The van der Waals surface area contributed by atoms with E-state index in [4.69, 9.17) is 10.8 Å². The number of hydrogen-bond donors (Lipinski definition) is 0. The van der Waals surface area contributed by atoms with Crippen LogP contribution in [-0.2, 0) is 13.1 Å². The number of rotatable bonds is 6. The molecular weight excluding hydrogens is 316 g/mol. The van der Waals surface area contributed by atoms with Gasteiger partial charge in [-0.2, -0.15) is 0 Å². The highest BCUT2D eigenvalue weighted by atomic mass is 32.1. The predicted octanol–water partition coefficient (Wildman–Crippen LogP) is 4.66.